The second-order valence-corrected chi connectivity index (χ2v) is 39.3. The van der Waals surface area contributed by atoms with Crippen LogP contribution >= 0.6 is 31.9 Å². The van der Waals surface area contributed by atoms with Crippen molar-refractivity contribution in [2.45, 2.75) is 401 Å². The minimum Gasteiger partial charge on any atom is -0.481 e. The Morgan fingerprint density at radius 2 is 0.743 bits per heavy atom. The molecule has 828 valence electrons. The Kier molecular flexibility index (Phi) is 92.4. The number of alkyl halides is 2. The van der Waals surface area contributed by atoms with Crippen molar-refractivity contribution in [1.29, 1.82) is 0 Å². The summed E-state index contributed by atoms with van der Waals surface area (Å²) in [5.74, 6) is -3.22. The standard InChI is InChI=1S/C48H85Br2N5O14.C31H58O4.C22H25NO6.C9H18O.CH4/c49-37-40(56)36-39(18-17-25-52-45(60)38-50)47(63)54-27-31-69-35-33-67-29-23-43(58)53-26-30-68-34-32-66-28-22-42(57)51-24-16-15-19-41(48(64)65)55-44(59)20-13-11-9-7-5-3-1-2-4-6-8-10-12-14-21-46(61)62;1-6-7-20-23-28(27(2)32)26-29(33)24-21-18-16-14-12-10-8-9-11-13-15-17-19-22-25-30(34)35-31(3,4)5;24-21(25)9-11-27-13-14-28-12-10-23-22(26)29-15-20-18-7-3-1-5-16(18)17-6-2-4-8-19(17)20;1-4-5-6-7-8(2)9(3)10;/h39,41H,1-38H2,(H,51,57)(H,52,60)(H,53,58)(H,54,63)(H,55,59)(H,61,62)(H,64,65);28H,6-26H2,1-5H3;1-8,20H,9-15H2,(H,23,26)(H,24,25);8H,4-7H2,1-3H3;1H4/t39-,41?;28-;;8-;/m11.0./s1. The van der Waals surface area contributed by atoms with Crippen molar-refractivity contribution in [2.75, 3.05) is 129 Å². The smallest absolute Gasteiger partial charge is 0.407 e. The molecule has 1 aliphatic rings. The largest absolute Gasteiger partial charge is 0.481 e. The third-order valence-corrected chi connectivity index (χ3v) is 25.4. The van der Waals surface area contributed by atoms with Crippen LogP contribution in [0.1, 0.15) is 401 Å². The van der Waals surface area contributed by atoms with Gasteiger partial charge in [-0.3, -0.25) is 57.5 Å². The Bertz CT molecular complexity index is 3660. The molecular weight excluding hydrogens is 1980 g/mol. The van der Waals surface area contributed by atoms with E-state index < -0.39 is 36.0 Å². The van der Waals surface area contributed by atoms with Crippen LogP contribution in [-0.2, 0) is 100 Å². The summed E-state index contributed by atoms with van der Waals surface area (Å²) in [5.41, 5.74) is 4.36. The molecule has 31 nitrogen and oxygen atoms in total. The summed E-state index contributed by atoms with van der Waals surface area (Å²) in [6.45, 7) is 20.7. The number of esters is 1. The van der Waals surface area contributed by atoms with Crippen LogP contribution in [0.5, 0.6) is 0 Å². The number of hydrogen-bond donors (Lipinski definition) is 9. The van der Waals surface area contributed by atoms with Gasteiger partial charge in [-0.1, -0.05) is 301 Å². The van der Waals surface area contributed by atoms with Crippen LogP contribution in [0.15, 0.2) is 48.5 Å². The van der Waals surface area contributed by atoms with Gasteiger partial charge in [-0.15, -0.1) is 0 Å². The summed E-state index contributed by atoms with van der Waals surface area (Å²) >= 11 is 6.21. The summed E-state index contributed by atoms with van der Waals surface area (Å²) in [6.07, 6.45) is 46.1. The average Bonchev–Trinajstić information content (AvgIpc) is 1.61. The van der Waals surface area contributed by atoms with Crippen molar-refractivity contribution in [3.63, 3.8) is 0 Å². The predicted octanol–water partition coefficient (Wildman–Crippen LogP) is 21.3. The number of ketones is 4. The number of rotatable bonds is 91. The van der Waals surface area contributed by atoms with Crippen molar-refractivity contribution >= 4 is 114 Å². The van der Waals surface area contributed by atoms with Crippen LogP contribution in [0.25, 0.3) is 11.1 Å². The number of Topliss-reactive ketones (excluding diaryl/α,β-unsaturated/α-hetero) is 4. The predicted molar refractivity (Wildman–Crippen MR) is 575 cm³/mol. The molecule has 0 aromatic heterocycles. The molecular formula is C111H190Br2N6O25. The number of carboxylic acid groups (broad SMARTS) is 3. The number of carbonyl (C=O) groups is 14. The van der Waals surface area contributed by atoms with Gasteiger partial charge in [0, 0.05) is 108 Å². The van der Waals surface area contributed by atoms with E-state index >= 15 is 0 Å². The summed E-state index contributed by atoms with van der Waals surface area (Å²) in [6, 6.07) is 15.4. The third kappa shape index (κ3) is 85.3. The van der Waals surface area contributed by atoms with Crippen molar-refractivity contribution in [3.05, 3.63) is 59.7 Å². The molecule has 1 unspecified atom stereocenters. The van der Waals surface area contributed by atoms with Gasteiger partial charge in [0.25, 0.3) is 0 Å². The van der Waals surface area contributed by atoms with Gasteiger partial charge in [-0.2, -0.15) is 0 Å². The van der Waals surface area contributed by atoms with Gasteiger partial charge in [-0.05, 0) is 128 Å². The first kappa shape index (κ1) is 138. The van der Waals surface area contributed by atoms with Crippen LogP contribution in [0.2, 0.25) is 0 Å². The lowest BCUT2D eigenvalue weighted by atomic mass is 9.91. The lowest BCUT2D eigenvalue weighted by Crippen LogP contribution is -2.40. The summed E-state index contributed by atoms with van der Waals surface area (Å²) in [4.78, 5) is 163. The zero-order valence-corrected chi connectivity index (χ0v) is 91.8. The molecule has 1 aliphatic carbocycles. The van der Waals surface area contributed by atoms with E-state index in [-0.39, 0.29) is 192 Å². The van der Waals surface area contributed by atoms with Gasteiger partial charge in [0.1, 0.15) is 41.4 Å². The molecule has 0 bridgehead atoms. The van der Waals surface area contributed by atoms with Crippen LogP contribution in [-0.4, -0.2) is 239 Å². The Morgan fingerprint density at radius 1 is 0.361 bits per heavy atom. The molecule has 0 saturated heterocycles. The highest BCUT2D eigenvalue weighted by Crippen LogP contribution is 2.44. The van der Waals surface area contributed by atoms with E-state index in [1.165, 1.54) is 151 Å². The van der Waals surface area contributed by atoms with Crippen LogP contribution in [0.4, 0.5) is 4.79 Å². The summed E-state index contributed by atoms with van der Waals surface area (Å²) in [5, 5.41) is 43.5. The van der Waals surface area contributed by atoms with Crippen molar-refractivity contribution in [2.24, 2.45) is 17.8 Å². The molecule has 9 N–H and O–H groups in total. The molecule has 2 aromatic rings. The van der Waals surface area contributed by atoms with E-state index in [2.05, 4.69) is 102 Å². The number of halogens is 2. The lowest BCUT2D eigenvalue weighted by molar-refractivity contribution is -0.155. The van der Waals surface area contributed by atoms with Crippen molar-refractivity contribution in [1.82, 2.24) is 31.9 Å². The number of alkyl carbamates (subject to hydrolysis) is 1. The molecule has 0 radical (unpaired) electrons. The number of ether oxygens (including phenoxy) is 8. The Morgan fingerprint density at radius 3 is 1.18 bits per heavy atom. The highest BCUT2D eigenvalue weighted by atomic mass is 79.9. The number of hydrogen-bond acceptors (Lipinski definition) is 22. The Balaban J connectivity index is 0. The number of aliphatic carboxylic acids is 3. The minimum atomic E-state index is -1.06. The van der Waals surface area contributed by atoms with Gasteiger partial charge >= 0.3 is 30.0 Å². The van der Waals surface area contributed by atoms with E-state index in [1.54, 1.807) is 13.8 Å². The SMILES string of the molecule is C.CCCCC[C@H](C)C(C)=O.CCCCC[C@H](CC(=O)CCCCCCCCCCCCCCCCC(=O)OC(C)(C)C)C(C)=O.O=C(O)CCCCCCCCCCCCCCCCC(=O)NC(CCCCNC(=O)CCOCCOCCNC(=O)CCOCCOCCNC(=O)[C@H](CCCNC(=O)CBr)CC(=O)CBr)C(=O)O.O=C(O)CCOCCOCCNC(=O)OCC1c2ccccc2-c2ccccc21. The van der Waals surface area contributed by atoms with Gasteiger partial charge in [0.05, 0.1) is 96.4 Å². The maximum absolute atomic E-state index is 12.6. The molecule has 3 rings (SSSR count). The van der Waals surface area contributed by atoms with Gasteiger partial charge < -0.3 is 85.1 Å². The van der Waals surface area contributed by atoms with Crippen LogP contribution in [0, 0.1) is 17.8 Å². The fourth-order valence-electron chi connectivity index (χ4n) is 15.8. The first-order valence-electron chi connectivity index (χ1n) is 53.9. The molecule has 33 heteroatoms. The maximum Gasteiger partial charge on any atom is 0.407 e. The topological polar surface area (TPSA) is 446 Å². The second kappa shape index (κ2) is 96.2. The van der Waals surface area contributed by atoms with Crippen molar-refractivity contribution in [3.8, 4) is 11.1 Å². The number of carbonyl (C=O) groups excluding carboxylic acids is 11. The Labute approximate surface area is 880 Å². The van der Waals surface area contributed by atoms with E-state index in [1.807, 2.05) is 52.0 Å². The molecule has 0 heterocycles. The van der Waals surface area contributed by atoms with E-state index in [0.717, 1.165) is 103 Å². The second-order valence-electron chi connectivity index (χ2n) is 38.1. The Hall–Kier alpha value is -7.66. The van der Waals surface area contributed by atoms with Crippen molar-refractivity contribution < 1.29 is 120 Å². The highest BCUT2D eigenvalue weighted by Gasteiger charge is 2.30. The zero-order valence-electron chi connectivity index (χ0n) is 88.6. The van der Waals surface area contributed by atoms with Gasteiger partial charge in [-0.25, -0.2) is 9.59 Å². The van der Waals surface area contributed by atoms with Gasteiger partial charge in [0.15, 0.2) is 0 Å². The highest BCUT2D eigenvalue weighted by molar-refractivity contribution is 9.09. The monoisotopic (exact) mass is 2170 g/mol. The maximum atomic E-state index is 12.6. The quantitative estimate of drug-likeness (QED) is 0.0169. The number of fused-ring (bicyclic) bond motifs is 3. The van der Waals surface area contributed by atoms with E-state index in [4.69, 9.17) is 48.1 Å². The average molecular weight is 2170 g/mol. The summed E-state index contributed by atoms with van der Waals surface area (Å²) in [7, 11) is 0. The molecule has 144 heavy (non-hydrogen) atoms. The third-order valence-electron chi connectivity index (χ3n) is 24.2. The molecule has 4 atom stereocenters. The zero-order chi connectivity index (χ0) is 106. The molecule has 2 aromatic carbocycles. The number of unbranched alkanes of at least 4 members (excludes halogenated alkanes) is 31. The molecule has 0 spiro atoms. The van der Waals surface area contributed by atoms with Gasteiger partial charge in [0.2, 0.25) is 29.5 Å². The molecule has 0 saturated carbocycles. The molecule has 6 amide bonds. The van der Waals surface area contributed by atoms with Crippen LogP contribution < -0.4 is 31.9 Å². The number of benzene rings is 2. The number of nitrogens with one attached hydrogen (secondary N) is 6. The molecule has 0 aliphatic heterocycles. The number of carboxylic acids is 3. The van der Waals surface area contributed by atoms with E-state index in [0.29, 0.717) is 116 Å². The lowest BCUT2D eigenvalue weighted by Gasteiger charge is -2.19. The summed E-state index contributed by atoms with van der Waals surface area (Å²) < 4.78 is 43.0. The molecule has 0 fully saturated rings. The first-order valence-corrected chi connectivity index (χ1v) is 56.1. The fraction of sp³-hybridized carbons (Fsp3) is 0.766. The van der Waals surface area contributed by atoms with Crippen LogP contribution in [0.3, 0.4) is 0 Å². The fourth-order valence-corrected chi connectivity index (χ4v) is 16.2. The number of amides is 6. The minimum absolute atomic E-state index is 0. The normalized spacial score (nSPS) is 12.1. The first-order chi connectivity index (χ1) is 68.9. The van der Waals surface area contributed by atoms with E-state index in [9.17, 15) is 72.2 Å².